The van der Waals surface area contributed by atoms with Gasteiger partial charge in [-0.15, -0.1) is 0 Å². The highest BCUT2D eigenvalue weighted by Gasteiger charge is 2.43. The van der Waals surface area contributed by atoms with E-state index in [0.29, 0.717) is 23.6 Å². The fourth-order valence-electron chi connectivity index (χ4n) is 3.37. The highest BCUT2D eigenvalue weighted by atomic mass is 35.5. The molecule has 1 aliphatic heterocycles. The maximum Gasteiger partial charge on any atom is 0.119 e. The van der Waals surface area contributed by atoms with Crippen molar-refractivity contribution in [3.05, 3.63) is 64.2 Å². The van der Waals surface area contributed by atoms with Gasteiger partial charge in [0.05, 0.1) is 13.2 Å². The molecule has 5 atom stereocenters. The summed E-state index contributed by atoms with van der Waals surface area (Å²) in [6, 6.07) is 12.9. The van der Waals surface area contributed by atoms with Crippen LogP contribution in [0, 0.1) is 0 Å². The van der Waals surface area contributed by atoms with Crippen LogP contribution in [-0.4, -0.2) is 63.5 Å². The molecule has 160 valence electrons. The topological polar surface area (TPSA) is 131 Å². The molecule has 0 bridgehead atoms. The summed E-state index contributed by atoms with van der Waals surface area (Å²) >= 11 is 6.35. The first-order chi connectivity index (χ1) is 13.4. The average molecular weight is 427 g/mol. The quantitative estimate of drug-likeness (QED) is 0.545. The minimum absolute atomic E-state index is 0. The second kappa shape index (κ2) is 10.4. The van der Waals surface area contributed by atoms with Gasteiger partial charge in [0.15, 0.2) is 0 Å². The van der Waals surface area contributed by atoms with Gasteiger partial charge in [-0.3, -0.25) is 0 Å². The minimum atomic E-state index is -1.42. The summed E-state index contributed by atoms with van der Waals surface area (Å²) in [6.07, 6.45) is -5.39. The molecule has 1 fully saturated rings. The van der Waals surface area contributed by atoms with Crippen LogP contribution in [0.25, 0.3) is 0 Å². The van der Waals surface area contributed by atoms with Gasteiger partial charge < -0.3 is 35.4 Å². The molecule has 7 nitrogen and oxygen atoms in total. The average Bonchev–Trinajstić information content (AvgIpc) is 2.70. The lowest BCUT2D eigenvalue weighted by atomic mass is 9.90. The monoisotopic (exact) mass is 426 g/mol. The number of benzene rings is 2. The number of hydrogen-bond donors (Lipinski definition) is 4. The Morgan fingerprint density at radius 3 is 2.31 bits per heavy atom. The number of aliphatic hydroxyl groups excluding tert-OH is 4. The molecule has 2 unspecified atom stereocenters. The molecule has 3 rings (SSSR count). The Morgan fingerprint density at radius 1 is 1.00 bits per heavy atom. The number of aliphatic hydroxyl groups is 4. The number of halogens is 1. The molecule has 8 heteroatoms. The van der Waals surface area contributed by atoms with E-state index in [-0.39, 0.29) is 5.48 Å². The van der Waals surface area contributed by atoms with Gasteiger partial charge in [0.25, 0.3) is 0 Å². The number of hydrogen-bond acceptors (Lipinski definition) is 6. The van der Waals surface area contributed by atoms with Gasteiger partial charge in [-0.25, -0.2) is 0 Å². The van der Waals surface area contributed by atoms with E-state index in [1.807, 2.05) is 37.3 Å². The lowest BCUT2D eigenvalue weighted by Gasteiger charge is -2.40. The SMILES string of the molecule is CCOc1ccc(Cc2cc([C@@H]3O[C@H](CO)C(O)C(O)[C@@H]3O)ccc2Cl)cc1.O. The summed E-state index contributed by atoms with van der Waals surface area (Å²) in [5.74, 6) is 0.799. The first kappa shape index (κ1) is 23.6. The van der Waals surface area contributed by atoms with Crippen molar-refractivity contribution in [2.75, 3.05) is 13.2 Å². The van der Waals surface area contributed by atoms with Crippen molar-refractivity contribution in [1.82, 2.24) is 0 Å². The fourth-order valence-corrected chi connectivity index (χ4v) is 3.56. The highest BCUT2D eigenvalue weighted by Crippen LogP contribution is 2.34. The summed E-state index contributed by atoms with van der Waals surface area (Å²) in [5, 5.41) is 40.3. The summed E-state index contributed by atoms with van der Waals surface area (Å²) in [5.41, 5.74) is 2.49. The van der Waals surface area contributed by atoms with E-state index in [1.165, 1.54) is 0 Å². The third kappa shape index (κ3) is 5.26. The van der Waals surface area contributed by atoms with Gasteiger partial charge in [-0.2, -0.15) is 0 Å². The van der Waals surface area contributed by atoms with E-state index in [9.17, 15) is 20.4 Å². The summed E-state index contributed by atoms with van der Waals surface area (Å²) in [6.45, 7) is 2.07. The minimum Gasteiger partial charge on any atom is -0.494 e. The third-order valence-corrected chi connectivity index (χ3v) is 5.29. The van der Waals surface area contributed by atoms with Crippen LogP contribution in [0.15, 0.2) is 42.5 Å². The van der Waals surface area contributed by atoms with Crippen LogP contribution in [0.2, 0.25) is 5.02 Å². The van der Waals surface area contributed by atoms with Crippen LogP contribution in [0.3, 0.4) is 0 Å². The van der Waals surface area contributed by atoms with E-state index in [2.05, 4.69) is 0 Å². The van der Waals surface area contributed by atoms with Gasteiger partial charge in [0.2, 0.25) is 0 Å². The second-order valence-electron chi connectivity index (χ2n) is 6.85. The standard InChI is InChI=1S/C21H25ClO6.H2O/c1-2-27-15-6-3-12(4-7-15)9-14-10-13(5-8-16(14)22)21-20(26)19(25)18(24)17(11-23)28-21;/h3-8,10,17-21,23-26H,2,9,11H2,1H3;1H2/t17-,18?,19?,20+,21+;/m1./s1. The van der Waals surface area contributed by atoms with E-state index in [1.54, 1.807) is 12.1 Å². The molecule has 0 radical (unpaired) electrons. The van der Waals surface area contributed by atoms with Crippen molar-refractivity contribution in [2.24, 2.45) is 0 Å². The van der Waals surface area contributed by atoms with Gasteiger partial charge in [0, 0.05) is 5.02 Å². The van der Waals surface area contributed by atoms with Crippen LogP contribution >= 0.6 is 11.6 Å². The predicted molar refractivity (Wildman–Crippen MR) is 108 cm³/mol. The number of ether oxygens (including phenoxy) is 2. The molecular formula is C21H27ClO7. The predicted octanol–water partition coefficient (Wildman–Crippen LogP) is 1.02. The number of rotatable bonds is 6. The first-order valence-corrected chi connectivity index (χ1v) is 9.63. The Morgan fingerprint density at radius 2 is 1.69 bits per heavy atom. The fraction of sp³-hybridized carbons (Fsp3) is 0.429. The molecule has 0 spiro atoms. The van der Waals surface area contributed by atoms with Crippen molar-refractivity contribution in [2.45, 2.75) is 43.9 Å². The van der Waals surface area contributed by atoms with Gasteiger partial charge in [-0.1, -0.05) is 35.9 Å². The van der Waals surface area contributed by atoms with Gasteiger partial charge in [0.1, 0.15) is 36.3 Å². The van der Waals surface area contributed by atoms with Crippen molar-refractivity contribution < 1.29 is 35.4 Å². The summed E-state index contributed by atoms with van der Waals surface area (Å²) < 4.78 is 11.1. The highest BCUT2D eigenvalue weighted by molar-refractivity contribution is 6.31. The maximum atomic E-state index is 10.3. The van der Waals surface area contributed by atoms with E-state index < -0.39 is 37.1 Å². The molecule has 1 saturated heterocycles. The largest absolute Gasteiger partial charge is 0.494 e. The van der Waals surface area contributed by atoms with Crippen molar-refractivity contribution in [1.29, 1.82) is 0 Å². The zero-order valence-corrected chi connectivity index (χ0v) is 16.8. The van der Waals surface area contributed by atoms with Crippen LogP contribution in [-0.2, 0) is 11.2 Å². The molecule has 0 saturated carbocycles. The Hall–Kier alpha value is -1.71. The molecule has 6 N–H and O–H groups in total. The van der Waals surface area contributed by atoms with E-state index >= 15 is 0 Å². The third-order valence-electron chi connectivity index (χ3n) is 4.92. The molecule has 1 heterocycles. The van der Waals surface area contributed by atoms with Crippen molar-refractivity contribution in [3.8, 4) is 5.75 Å². The molecule has 29 heavy (non-hydrogen) atoms. The Balaban J connectivity index is 0.00000300. The van der Waals surface area contributed by atoms with Crippen molar-refractivity contribution >= 4 is 11.6 Å². The summed E-state index contributed by atoms with van der Waals surface area (Å²) in [4.78, 5) is 0. The zero-order chi connectivity index (χ0) is 20.3. The van der Waals surface area contributed by atoms with Gasteiger partial charge >= 0.3 is 0 Å². The smallest absolute Gasteiger partial charge is 0.119 e. The van der Waals surface area contributed by atoms with Crippen LogP contribution in [0.1, 0.15) is 29.7 Å². The second-order valence-corrected chi connectivity index (χ2v) is 7.26. The lowest BCUT2D eigenvalue weighted by molar-refractivity contribution is -0.231. The zero-order valence-electron chi connectivity index (χ0n) is 16.0. The molecule has 2 aromatic carbocycles. The molecule has 2 aromatic rings. The van der Waals surface area contributed by atoms with Crippen molar-refractivity contribution in [3.63, 3.8) is 0 Å². The van der Waals surface area contributed by atoms with E-state index in [0.717, 1.165) is 16.9 Å². The summed E-state index contributed by atoms with van der Waals surface area (Å²) in [7, 11) is 0. The molecular weight excluding hydrogens is 400 g/mol. The van der Waals surface area contributed by atoms with E-state index in [4.69, 9.17) is 21.1 Å². The Labute approximate surface area is 174 Å². The normalized spacial score (nSPS) is 26.6. The molecule has 0 aromatic heterocycles. The molecule has 0 amide bonds. The van der Waals surface area contributed by atoms with Crippen LogP contribution in [0.4, 0.5) is 0 Å². The maximum absolute atomic E-state index is 10.3. The van der Waals surface area contributed by atoms with Gasteiger partial charge in [-0.05, 0) is 48.2 Å². The van der Waals surface area contributed by atoms with Crippen LogP contribution in [0.5, 0.6) is 5.75 Å². The Kier molecular flexibility index (Phi) is 8.42. The van der Waals surface area contributed by atoms with Crippen LogP contribution < -0.4 is 4.74 Å². The molecule has 1 aliphatic rings. The Bertz CT molecular complexity index is 781. The first-order valence-electron chi connectivity index (χ1n) is 9.25. The molecule has 0 aliphatic carbocycles. The lowest BCUT2D eigenvalue weighted by Crippen LogP contribution is -2.55.